The monoisotopic (exact) mass is 422 g/mol. The van der Waals surface area contributed by atoms with Gasteiger partial charge < -0.3 is 24.1 Å². The van der Waals surface area contributed by atoms with Gasteiger partial charge in [0.15, 0.2) is 0 Å². The molecule has 8 heteroatoms. The number of benzene rings is 2. The number of hydrogen-bond donors (Lipinski definition) is 1. The second kappa shape index (κ2) is 9.07. The average Bonchev–Trinajstić information content (AvgIpc) is 3.30. The van der Waals surface area contributed by atoms with Crippen LogP contribution in [0, 0.1) is 12.8 Å². The van der Waals surface area contributed by atoms with Gasteiger partial charge in [-0.05, 0) is 44.0 Å². The number of piperidine rings is 1. The minimum atomic E-state index is -0.105. The van der Waals surface area contributed by atoms with Crippen LogP contribution in [0.3, 0.4) is 0 Å². The van der Waals surface area contributed by atoms with Crippen LogP contribution in [0.1, 0.15) is 18.4 Å². The molecule has 1 fully saturated rings. The molecule has 1 N–H and O–H groups in total. The minimum Gasteiger partial charge on any atom is -0.497 e. The van der Waals surface area contributed by atoms with E-state index in [-0.39, 0.29) is 11.8 Å². The number of aryl methyl sites for hydroxylation is 1. The highest BCUT2D eigenvalue weighted by atomic mass is 16.5. The summed E-state index contributed by atoms with van der Waals surface area (Å²) >= 11 is 0. The SMILES string of the molecule is COc1ccc(OC)c(NC(=O)C2CCN(c3nnc(-c4ccc(C)cc4)o3)CC2)c1. The van der Waals surface area contributed by atoms with Crippen LogP contribution in [-0.4, -0.2) is 43.4 Å². The largest absolute Gasteiger partial charge is 0.497 e. The van der Waals surface area contributed by atoms with Gasteiger partial charge in [-0.3, -0.25) is 4.79 Å². The van der Waals surface area contributed by atoms with Crippen LogP contribution in [0.25, 0.3) is 11.5 Å². The summed E-state index contributed by atoms with van der Waals surface area (Å²) in [4.78, 5) is 14.8. The van der Waals surface area contributed by atoms with E-state index < -0.39 is 0 Å². The molecule has 0 unspecified atom stereocenters. The third kappa shape index (κ3) is 4.63. The Morgan fingerprint density at radius 3 is 2.48 bits per heavy atom. The highest BCUT2D eigenvalue weighted by molar-refractivity contribution is 5.94. The molecule has 1 saturated heterocycles. The molecule has 0 aliphatic carbocycles. The van der Waals surface area contributed by atoms with Gasteiger partial charge in [0.05, 0.1) is 19.9 Å². The fourth-order valence-electron chi connectivity index (χ4n) is 3.64. The van der Waals surface area contributed by atoms with Gasteiger partial charge in [-0.2, -0.15) is 0 Å². The molecule has 0 bridgehead atoms. The Kier molecular flexibility index (Phi) is 6.06. The predicted molar refractivity (Wildman–Crippen MR) is 118 cm³/mol. The molecule has 0 atom stereocenters. The first kappa shape index (κ1) is 20.7. The molecule has 4 rings (SSSR count). The van der Waals surface area contributed by atoms with Gasteiger partial charge in [-0.25, -0.2) is 0 Å². The third-order valence-electron chi connectivity index (χ3n) is 5.51. The van der Waals surface area contributed by atoms with Crippen LogP contribution in [0.5, 0.6) is 11.5 Å². The Morgan fingerprint density at radius 2 is 1.81 bits per heavy atom. The fraction of sp³-hybridized carbons (Fsp3) is 0.348. The van der Waals surface area contributed by atoms with Gasteiger partial charge in [0.25, 0.3) is 0 Å². The molecule has 31 heavy (non-hydrogen) atoms. The van der Waals surface area contributed by atoms with Crippen LogP contribution in [-0.2, 0) is 4.79 Å². The van der Waals surface area contributed by atoms with Gasteiger partial charge in [-0.15, -0.1) is 5.10 Å². The summed E-state index contributed by atoms with van der Waals surface area (Å²) in [7, 11) is 3.16. The molecular weight excluding hydrogens is 396 g/mol. The van der Waals surface area contributed by atoms with E-state index >= 15 is 0 Å². The highest BCUT2D eigenvalue weighted by Gasteiger charge is 2.28. The summed E-state index contributed by atoms with van der Waals surface area (Å²) < 4.78 is 16.5. The molecule has 2 heterocycles. The predicted octanol–water partition coefficient (Wildman–Crippen LogP) is 3.92. The molecule has 8 nitrogen and oxygen atoms in total. The maximum absolute atomic E-state index is 12.8. The molecule has 0 radical (unpaired) electrons. The van der Waals surface area contributed by atoms with E-state index in [0.29, 0.717) is 55.0 Å². The number of hydrogen-bond acceptors (Lipinski definition) is 7. The van der Waals surface area contributed by atoms with Gasteiger partial charge in [-0.1, -0.05) is 22.8 Å². The summed E-state index contributed by atoms with van der Waals surface area (Å²) in [5.41, 5.74) is 2.68. The van der Waals surface area contributed by atoms with Crippen molar-refractivity contribution < 1.29 is 18.7 Å². The van der Waals surface area contributed by atoms with Gasteiger partial charge in [0.1, 0.15) is 11.5 Å². The number of methoxy groups -OCH3 is 2. The molecule has 2 aromatic carbocycles. The first-order valence-electron chi connectivity index (χ1n) is 10.3. The molecule has 1 amide bonds. The van der Waals surface area contributed by atoms with E-state index in [1.165, 1.54) is 5.56 Å². The van der Waals surface area contributed by atoms with Crippen molar-refractivity contribution in [1.29, 1.82) is 0 Å². The number of nitrogens with zero attached hydrogens (tertiary/aromatic N) is 3. The number of ether oxygens (including phenoxy) is 2. The molecule has 162 valence electrons. The second-order valence-electron chi connectivity index (χ2n) is 7.57. The summed E-state index contributed by atoms with van der Waals surface area (Å²) in [6.07, 6.45) is 1.39. The van der Waals surface area contributed by atoms with E-state index in [9.17, 15) is 4.79 Å². The molecule has 0 spiro atoms. The number of aromatic nitrogens is 2. The van der Waals surface area contributed by atoms with Crippen LogP contribution in [0.15, 0.2) is 46.9 Å². The Balaban J connectivity index is 1.37. The molecule has 1 aliphatic rings. The normalized spacial score (nSPS) is 14.4. The average molecular weight is 422 g/mol. The topological polar surface area (TPSA) is 89.7 Å². The molecule has 3 aromatic rings. The van der Waals surface area contributed by atoms with Gasteiger partial charge in [0, 0.05) is 30.6 Å². The zero-order valence-electron chi connectivity index (χ0n) is 17.9. The summed E-state index contributed by atoms with van der Waals surface area (Å²) in [5.74, 6) is 1.62. The highest BCUT2D eigenvalue weighted by Crippen LogP contribution is 2.31. The lowest BCUT2D eigenvalue weighted by Gasteiger charge is -2.29. The van der Waals surface area contributed by atoms with Gasteiger partial charge >= 0.3 is 6.01 Å². The van der Waals surface area contributed by atoms with Crippen molar-refractivity contribution in [2.24, 2.45) is 5.92 Å². The number of nitrogens with one attached hydrogen (secondary N) is 1. The van der Waals surface area contributed by atoms with E-state index in [2.05, 4.69) is 15.5 Å². The van der Waals surface area contributed by atoms with Crippen molar-refractivity contribution in [1.82, 2.24) is 10.2 Å². The maximum atomic E-state index is 12.8. The van der Waals surface area contributed by atoms with Crippen molar-refractivity contribution in [3.05, 3.63) is 48.0 Å². The van der Waals surface area contributed by atoms with Crippen molar-refractivity contribution in [3.8, 4) is 23.0 Å². The Hall–Kier alpha value is -3.55. The standard InChI is InChI=1S/C23H26N4O4/c1-15-4-6-17(7-5-15)22-25-26-23(31-22)27-12-10-16(11-13-27)21(28)24-19-14-18(29-2)8-9-20(19)30-3/h4-9,14,16H,10-13H2,1-3H3,(H,24,28). The van der Waals surface area contributed by atoms with E-state index in [1.807, 2.05) is 36.1 Å². The molecule has 1 aromatic heterocycles. The lowest BCUT2D eigenvalue weighted by atomic mass is 9.96. The van der Waals surface area contributed by atoms with E-state index in [0.717, 1.165) is 5.56 Å². The van der Waals surface area contributed by atoms with E-state index in [4.69, 9.17) is 13.9 Å². The van der Waals surface area contributed by atoms with Crippen LogP contribution >= 0.6 is 0 Å². The third-order valence-corrected chi connectivity index (χ3v) is 5.51. The zero-order valence-corrected chi connectivity index (χ0v) is 17.9. The number of carbonyl (C=O) groups is 1. The van der Waals surface area contributed by atoms with Gasteiger partial charge in [0.2, 0.25) is 11.8 Å². The summed E-state index contributed by atoms with van der Waals surface area (Å²) in [6, 6.07) is 13.8. The lowest BCUT2D eigenvalue weighted by molar-refractivity contribution is -0.120. The smallest absolute Gasteiger partial charge is 0.318 e. The second-order valence-corrected chi connectivity index (χ2v) is 7.57. The zero-order chi connectivity index (χ0) is 21.8. The lowest BCUT2D eigenvalue weighted by Crippen LogP contribution is -2.38. The van der Waals surface area contributed by atoms with Crippen molar-refractivity contribution in [2.75, 3.05) is 37.5 Å². The van der Waals surface area contributed by atoms with Crippen molar-refractivity contribution in [3.63, 3.8) is 0 Å². The number of carbonyl (C=O) groups excluding carboxylic acids is 1. The maximum Gasteiger partial charge on any atom is 0.318 e. The fourth-order valence-corrected chi connectivity index (χ4v) is 3.64. The first-order chi connectivity index (χ1) is 15.1. The summed E-state index contributed by atoms with van der Waals surface area (Å²) in [5, 5.41) is 11.3. The number of anilines is 2. The minimum absolute atomic E-state index is 0.0305. The molecule has 1 aliphatic heterocycles. The number of rotatable bonds is 6. The van der Waals surface area contributed by atoms with Crippen LogP contribution in [0.2, 0.25) is 0 Å². The van der Waals surface area contributed by atoms with Crippen molar-refractivity contribution >= 4 is 17.6 Å². The van der Waals surface area contributed by atoms with E-state index in [1.54, 1.807) is 32.4 Å². The molecule has 0 saturated carbocycles. The van der Waals surface area contributed by atoms with Crippen molar-refractivity contribution in [2.45, 2.75) is 19.8 Å². The Labute approximate surface area is 181 Å². The number of amides is 1. The van der Waals surface area contributed by atoms with Crippen LogP contribution in [0.4, 0.5) is 11.7 Å². The first-order valence-corrected chi connectivity index (χ1v) is 10.3. The molecular formula is C23H26N4O4. The Morgan fingerprint density at radius 1 is 1.06 bits per heavy atom. The Bertz CT molecular complexity index is 1040. The summed E-state index contributed by atoms with van der Waals surface area (Å²) in [6.45, 7) is 3.37. The van der Waals surface area contributed by atoms with Crippen LogP contribution < -0.4 is 19.7 Å². The quantitative estimate of drug-likeness (QED) is 0.644.